The molecule has 0 saturated carbocycles. The fourth-order valence-electron chi connectivity index (χ4n) is 5.27. The number of hydrogen-bond acceptors (Lipinski definition) is 11. The highest BCUT2D eigenvalue weighted by Gasteiger charge is 2.65. The lowest BCUT2D eigenvalue weighted by molar-refractivity contribution is -0.290. The van der Waals surface area contributed by atoms with Crippen molar-refractivity contribution in [2.75, 3.05) is 40.9 Å². The molecule has 0 spiro atoms. The quantitative estimate of drug-likeness (QED) is 0.357. The van der Waals surface area contributed by atoms with Gasteiger partial charge in [0.05, 0.1) is 12.4 Å². The van der Waals surface area contributed by atoms with Crippen LogP contribution in [0.1, 0.15) is 38.8 Å². The SMILES string of the molecule is CC1(C)O[C@@H]2[C@@H](CO[C@@]3(COS(N)(=O)=O)OC(C)(C)O[C@@H]23)O1.CNS(=O)(=O)Cc1ccc2[nH]cc(CCN(C)C)c2c1. The van der Waals surface area contributed by atoms with Gasteiger partial charge in [0.25, 0.3) is 0 Å². The van der Waals surface area contributed by atoms with Crippen molar-refractivity contribution in [2.45, 2.75) is 75.5 Å². The van der Waals surface area contributed by atoms with E-state index in [9.17, 15) is 16.8 Å². The predicted octanol–water partition coefficient (Wildman–Crippen LogP) is 0.926. The largest absolute Gasteiger partial charge is 0.361 e. The zero-order valence-electron chi connectivity index (χ0n) is 25.0. The van der Waals surface area contributed by atoms with E-state index in [2.05, 4.69) is 14.6 Å². The van der Waals surface area contributed by atoms with Crippen molar-refractivity contribution in [1.82, 2.24) is 14.6 Å². The second-order valence-electron chi connectivity index (χ2n) is 11.8. The average Bonchev–Trinajstić information content (AvgIpc) is 3.50. The van der Waals surface area contributed by atoms with Crippen LogP contribution in [0.4, 0.5) is 0 Å². The molecule has 0 bridgehead atoms. The molecule has 0 amide bonds. The van der Waals surface area contributed by atoms with Crippen molar-refractivity contribution >= 4 is 31.2 Å². The average molecular weight is 635 g/mol. The van der Waals surface area contributed by atoms with E-state index in [1.54, 1.807) is 27.7 Å². The maximum atomic E-state index is 11.6. The normalized spacial score (nSPS) is 28.4. The maximum Gasteiger partial charge on any atom is 0.333 e. The van der Waals surface area contributed by atoms with Gasteiger partial charge in [0.2, 0.25) is 15.8 Å². The van der Waals surface area contributed by atoms with Gasteiger partial charge in [-0.1, -0.05) is 6.07 Å². The Bertz CT molecular complexity index is 1470. The number of ether oxygens (including phenoxy) is 5. The molecule has 3 aliphatic heterocycles. The molecule has 4 atom stereocenters. The van der Waals surface area contributed by atoms with Crippen LogP contribution in [0.3, 0.4) is 0 Å². The summed E-state index contributed by atoms with van der Waals surface area (Å²) in [5.74, 6) is -3.18. The van der Waals surface area contributed by atoms with Crippen LogP contribution in [0.5, 0.6) is 0 Å². The van der Waals surface area contributed by atoms with Crippen LogP contribution in [0.15, 0.2) is 24.4 Å². The number of likely N-dealkylation sites (N-methyl/N-ethyl adjacent to an activating group) is 1. The lowest BCUT2D eigenvalue weighted by Gasteiger charge is -2.40. The molecule has 0 radical (unpaired) electrons. The lowest BCUT2D eigenvalue weighted by atomic mass is 9.98. The summed E-state index contributed by atoms with van der Waals surface area (Å²) in [4.78, 5) is 5.37. The Balaban J connectivity index is 0.000000194. The number of hydrogen-bond donors (Lipinski definition) is 3. The number of aromatic nitrogens is 1. The Hall–Kier alpha value is -1.70. The second-order valence-corrected chi connectivity index (χ2v) is 14.9. The summed E-state index contributed by atoms with van der Waals surface area (Å²) in [6.45, 7) is 7.67. The topological polar surface area (TPSA) is 181 Å². The van der Waals surface area contributed by atoms with Gasteiger partial charge in [0, 0.05) is 23.6 Å². The first-order valence-electron chi connectivity index (χ1n) is 13.5. The predicted molar refractivity (Wildman–Crippen MR) is 154 cm³/mol. The molecule has 0 unspecified atom stereocenters. The van der Waals surface area contributed by atoms with Crippen molar-refractivity contribution in [3.05, 3.63) is 35.5 Å². The van der Waals surface area contributed by atoms with Gasteiger partial charge < -0.3 is 33.6 Å². The number of rotatable bonds is 9. The van der Waals surface area contributed by atoms with E-state index >= 15 is 0 Å². The molecular weight excluding hydrogens is 592 g/mol. The molecule has 14 nitrogen and oxygen atoms in total. The second kappa shape index (κ2) is 12.0. The molecule has 4 heterocycles. The number of H-pyrrole nitrogens is 1. The highest BCUT2D eigenvalue weighted by atomic mass is 32.2. The minimum Gasteiger partial charge on any atom is -0.361 e. The third kappa shape index (κ3) is 8.06. The molecule has 3 aliphatic rings. The Morgan fingerprint density at radius 3 is 2.45 bits per heavy atom. The van der Waals surface area contributed by atoms with Crippen LogP contribution in [0.2, 0.25) is 0 Å². The van der Waals surface area contributed by atoms with Gasteiger partial charge in [-0.15, -0.1) is 0 Å². The fourth-order valence-corrected chi connectivity index (χ4v) is 6.36. The van der Waals surface area contributed by atoms with E-state index in [1.807, 2.05) is 38.5 Å². The molecule has 4 N–H and O–H groups in total. The third-order valence-corrected chi connectivity index (χ3v) is 8.81. The summed E-state index contributed by atoms with van der Waals surface area (Å²) in [5, 5.41) is 6.00. The van der Waals surface area contributed by atoms with Crippen molar-refractivity contribution < 1.29 is 44.7 Å². The van der Waals surface area contributed by atoms with Crippen LogP contribution in [-0.2, 0) is 60.4 Å². The molecule has 238 valence electrons. The van der Waals surface area contributed by atoms with Gasteiger partial charge in [-0.2, -0.15) is 8.42 Å². The van der Waals surface area contributed by atoms with Gasteiger partial charge in [0.15, 0.2) is 11.6 Å². The van der Waals surface area contributed by atoms with Crippen LogP contribution < -0.4 is 9.86 Å². The monoisotopic (exact) mass is 634 g/mol. The summed E-state index contributed by atoms with van der Waals surface area (Å²) in [6.07, 6.45) is 1.44. The van der Waals surface area contributed by atoms with Crippen molar-refractivity contribution in [3.8, 4) is 0 Å². The van der Waals surface area contributed by atoms with Crippen LogP contribution in [0.25, 0.3) is 10.9 Å². The zero-order chi connectivity index (χ0) is 31.1. The minimum absolute atomic E-state index is 0.0116. The van der Waals surface area contributed by atoms with Crippen molar-refractivity contribution in [1.29, 1.82) is 0 Å². The number of nitrogens with one attached hydrogen (secondary N) is 2. The van der Waals surface area contributed by atoms with E-state index in [0.717, 1.165) is 29.4 Å². The molecule has 2 aromatic rings. The Kier molecular flexibility index (Phi) is 9.49. The first-order chi connectivity index (χ1) is 19.3. The number of benzene rings is 1. The zero-order valence-corrected chi connectivity index (χ0v) is 26.6. The molecule has 1 aromatic heterocycles. The van der Waals surface area contributed by atoms with Crippen LogP contribution in [0, 0.1) is 0 Å². The number of sulfonamides is 1. The third-order valence-electron chi connectivity index (χ3n) is 7.03. The smallest absolute Gasteiger partial charge is 0.333 e. The van der Waals surface area contributed by atoms with E-state index in [4.69, 9.17) is 33.0 Å². The highest BCUT2D eigenvalue weighted by molar-refractivity contribution is 7.88. The molecule has 3 saturated heterocycles. The molecule has 5 rings (SSSR count). The first-order valence-corrected chi connectivity index (χ1v) is 16.6. The highest BCUT2D eigenvalue weighted by Crippen LogP contribution is 2.47. The number of aromatic amines is 1. The van der Waals surface area contributed by atoms with Crippen LogP contribution in [-0.4, -0.2) is 103 Å². The molecule has 42 heavy (non-hydrogen) atoms. The van der Waals surface area contributed by atoms with Gasteiger partial charge in [0.1, 0.15) is 24.9 Å². The van der Waals surface area contributed by atoms with Crippen molar-refractivity contribution in [3.63, 3.8) is 0 Å². The van der Waals surface area contributed by atoms with Gasteiger partial charge in [-0.3, -0.25) is 4.18 Å². The molecule has 16 heteroatoms. The van der Waals surface area contributed by atoms with Gasteiger partial charge in [-0.05, 0) is 78.5 Å². The minimum atomic E-state index is -4.14. The first kappa shape index (κ1) is 33.2. The fraction of sp³-hybridized carbons (Fsp3) is 0.692. The van der Waals surface area contributed by atoms with E-state index in [1.165, 1.54) is 12.6 Å². The Morgan fingerprint density at radius 2 is 1.81 bits per heavy atom. The summed E-state index contributed by atoms with van der Waals surface area (Å²) < 4.78 is 81.5. The molecule has 1 aromatic carbocycles. The molecular formula is C26H42N4O10S2. The Morgan fingerprint density at radius 1 is 1.10 bits per heavy atom. The van der Waals surface area contributed by atoms with E-state index in [-0.39, 0.29) is 18.5 Å². The maximum absolute atomic E-state index is 11.6. The number of nitrogens with two attached hydrogens (primary N) is 1. The summed E-state index contributed by atoms with van der Waals surface area (Å²) in [6, 6.07) is 5.75. The van der Waals surface area contributed by atoms with E-state index in [0.29, 0.717) is 0 Å². The number of fused-ring (bicyclic) bond motifs is 4. The molecule has 3 fully saturated rings. The summed E-state index contributed by atoms with van der Waals surface area (Å²) >= 11 is 0. The Labute approximate surface area is 247 Å². The van der Waals surface area contributed by atoms with Gasteiger partial charge >= 0.3 is 10.3 Å². The lowest BCUT2D eigenvalue weighted by Crippen LogP contribution is -2.60. The summed E-state index contributed by atoms with van der Waals surface area (Å²) in [7, 11) is -1.85. The number of nitrogens with zero attached hydrogens (tertiary/aromatic N) is 1. The molecule has 0 aliphatic carbocycles. The summed E-state index contributed by atoms with van der Waals surface area (Å²) in [5.41, 5.74) is 3.07. The van der Waals surface area contributed by atoms with E-state index < -0.39 is 56.5 Å². The van der Waals surface area contributed by atoms with Gasteiger partial charge in [-0.25, -0.2) is 18.3 Å². The van der Waals surface area contributed by atoms with Crippen molar-refractivity contribution in [2.24, 2.45) is 5.14 Å². The van der Waals surface area contributed by atoms with Crippen LogP contribution >= 0.6 is 0 Å². The standard InChI is InChI=1S/C14H21N3O2S.C12H21NO8S/c1-15-20(18,19)10-11-4-5-14-13(8-11)12(9-16-14)6-7-17(2)3;1-10(2)18-7-5-16-12(6-17-22(13,14)15)9(8(7)19-10)20-11(3,4)21-12/h4-5,8-9,15-16H,6-7,10H2,1-3H3;7-9H,5-6H2,1-4H3,(H2,13,14,15)/t;7-,8-,9+,12+/m.1/s1.